The van der Waals surface area contributed by atoms with Gasteiger partial charge in [0.05, 0.1) is 11.0 Å². The molecule has 0 saturated heterocycles. The Bertz CT molecular complexity index is 588. The fraction of sp³-hybridized carbons (Fsp3) is 0.250. The quantitative estimate of drug-likeness (QED) is 0.915. The van der Waals surface area contributed by atoms with Gasteiger partial charge in [-0.1, -0.05) is 60.1 Å². The van der Waals surface area contributed by atoms with Crippen LogP contribution in [0.3, 0.4) is 0 Å². The van der Waals surface area contributed by atoms with E-state index in [2.05, 4.69) is 0 Å². The van der Waals surface area contributed by atoms with Gasteiger partial charge in [-0.15, -0.1) is 0 Å². The van der Waals surface area contributed by atoms with Crippen molar-refractivity contribution in [3.05, 3.63) is 70.7 Å². The molecule has 0 aromatic heterocycles. The van der Waals surface area contributed by atoms with Crippen LogP contribution in [0, 0.1) is 0 Å². The zero-order valence-corrected chi connectivity index (χ0v) is 12.9. The van der Waals surface area contributed by atoms with Crippen LogP contribution in [0.1, 0.15) is 24.1 Å². The Hall–Kier alpha value is -1.16. The molecule has 0 aliphatic rings. The lowest BCUT2D eigenvalue weighted by atomic mass is 10.1. The smallest absolute Gasteiger partial charge is 0.0516 e. The van der Waals surface area contributed by atoms with Gasteiger partial charge in [-0.05, 0) is 24.1 Å². The third-order valence-electron chi connectivity index (χ3n) is 3.36. The van der Waals surface area contributed by atoms with Gasteiger partial charge < -0.3 is 5.73 Å². The Morgan fingerprint density at radius 1 is 1.10 bits per heavy atom. The zero-order valence-electron chi connectivity index (χ0n) is 11.3. The monoisotopic (exact) mass is 307 g/mol. The van der Waals surface area contributed by atoms with Gasteiger partial charge in [0.2, 0.25) is 0 Å². The van der Waals surface area contributed by atoms with Crippen molar-refractivity contribution in [2.75, 3.05) is 0 Å². The average molecular weight is 308 g/mol. The summed E-state index contributed by atoms with van der Waals surface area (Å²) >= 11 is 6.10. The molecule has 0 fully saturated rings. The van der Waals surface area contributed by atoms with Crippen molar-refractivity contribution in [2.24, 2.45) is 5.73 Å². The van der Waals surface area contributed by atoms with Crippen LogP contribution in [-0.4, -0.2) is 9.46 Å². The van der Waals surface area contributed by atoms with Gasteiger partial charge in [-0.2, -0.15) is 0 Å². The number of rotatable bonds is 5. The Morgan fingerprint density at radius 3 is 2.35 bits per heavy atom. The first kappa shape index (κ1) is 15.2. The van der Waals surface area contributed by atoms with Gasteiger partial charge >= 0.3 is 0 Å². The minimum absolute atomic E-state index is 0.131. The zero-order chi connectivity index (χ0) is 14.5. The molecule has 4 heteroatoms. The predicted octanol–water partition coefficient (Wildman–Crippen LogP) is 3.68. The Kier molecular flexibility index (Phi) is 5.35. The van der Waals surface area contributed by atoms with Crippen LogP contribution < -0.4 is 5.73 Å². The SMILES string of the molecule is CC(C(N)c1ccccc1)S(=O)Cc1ccccc1Cl. The third-order valence-corrected chi connectivity index (χ3v) is 5.45. The van der Waals surface area contributed by atoms with Crippen LogP contribution in [0.2, 0.25) is 5.02 Å². The molecule has 0 amide bonds. The van der Waals surface area contributed by atoms with E-state index in [1.54, 1.807) is 0 Å². The number of benzene rings is 2. The lowest BCUT2D eigenvalue weighted by molar-refractivity contribution is 0.642. The predicted molar refractivity (Wildman–Crippen MR) is 86.1 cm³/mol. The molecule has 3 atom stereocenters. The fourth-order valence-electron chi connectivity index (χ4n) is 2.01. The number of halogens is 1. The summed E-state index contributed by atoms with van der Waals surface area (Å²) < 4.78 is 12.5. The lowest BCUT2D eigenvalue weighted by Crippen LogP contribution is -2.28. The summed E-state index contributed by atoms with van der Waals surface area (Å²) in [6.45, 7) is 1.92. The Morgan fingerprint density at radius 2 is 1.70 bits per heavy atom. The molecule has 2 aromatic rings. The summed E-state index contributed by atoms with van der Waals surface area (Å²) in [5.74, 6) is 0.432. The maximum atomic E-state index is 12.5. The van der Waals surface area contributed by atoms with Crippen LogP contribution >= 0.6 is 11.6 Å². The highest BCUT2D eigenvalue weighted by Crippen LogP contribution is 2.22. The van der Waals surface area contributed by atoms with E-state index in [4.69, 9.17) is 17.3 Å². The maximum absolute atomic E-state index is 12.5. The van der Waals surface area contributed by atoms with Crippen LogP contribution in [-0.2, 0) is 16.6 Å². The molecular weight excluding hydrogens is 290 g/mol. The highest BCUT2D eigenvalue weighted by Gasteiger charge is 2.21. The minimum atomic E-state index is -1.07. The molecule has 0 bridgehead atoms. The van der Waals surface area contributed by atoms with E-state index in [1.807, 2.05) is 61.5 Å². The molecule has 20 heavy (non-hydrogen) atoms. The van der Waals surface area contributed by atoms with Crippen LogP contribution in [0.25, 0.3) is 0 Å². The van der Waals surface area contributed by atoms with E-state index in [9.17, 15) is 4.21 Å². The first-order valence-corrected chi connectivity index (χ1v) is 8.26. The van der Waals surface area contributed by atoms with Gasteiger partial charge in [0.25, 0.3) is 0 Å². The summed E-state index contributed by atoms with van der Waals surface area (Å²) in [5, 5.41) is 0.523. The number of hydrogen-bond donors (Lipinski definition) is 1. The van der Waals surface area contributed by atoms with E-state index >= 15 is 0 Å². The fourth-order valence-corrected chi connectivity index (χ4v) is 3.60. The lowest BCUT2D eigenvalue weighted by Gasteiger charge is -2.20. The second kappa shape index (κ2) is 7.02. The van der Waals surface area contributed by atoms with E-state index in [1.165, 1.54) is 0 Å². The van der Waals surface area contributed by atoms with Gasteiger partial charge in [0, 0.05) is 21.9 Å². The van der Waals surface area contributed by atoms with Crippen molar-refractivity contribution >= 4 is 22.4 Å². The van der Waals surface area contributed by atoms with Crippen LogP contribution in [0.4, 0.5) is 0 Å². The Balaban J connectivity index is 2.08. The standard InChI is InChI=1S/C16H18ClNOS/c1-12(16(18)13-7-3-2-4-8-13)20(19)11-14-9-5-6-10-15(14)17/h2-10,12,16H,11,18H2,1H3. The minimum Gasteiger partial charge on any atom is -0.323 e. The van der Waals surface area contributed by atoms with Gasteiger partial charge in [-0.25, -0.2) is 0 Å². The van der Waals surface area contributed by atoms with Crippen molar-refractivity contribution in [3.8, 4) is 0 Å². The van der Waals surface area contributed by atoms with Crippen molar-refractivity contribution in [1.29, 1.82) is 0 Å². The van der Waals surface area contributed by atoms with Gasteiger partial charge in [0.1, 0.15) is 0 Å². The summed E-state index contributed by atoms with van der Waals surface area (Å²) in [6, 6.07) is 17.0. The van der Waals surface area contributed by atoms with Crippen LogP contribution in [0.15, 0.2) is 54.6 Å². The second-order valence-corrected chi connectivity index (χ2v) is 6.96. The van der Waals surface area contributed by atoms with Crippen molar-refractivity contribution in [3.63, 3.8) is 0 Å². The highest BCUT2D eigenvalue weighted by molar-refractivity contribution is 7.84. The van der Waals surface area contributed by atoms with Crippen molar-refractivity contribution < 1.29 is 4.21 Å². The average Bonchev–Trinajstić information content (AvgIpc) is 2.49. The molecule has 0 radical (unpaired) electrons. The van der Waals surface area contributed by atoms with Crippen molar-refractivity contribution in [2.45, 2.75) is 24.0 Å². The number of hydrogen-bond acceptors (Lipinski definition) is 2. The van der Waals surface area contributed by atoms with Crippen molar-refractivity contribution in [1.82, 2.24) is 0 Å². The molecule has 0 aliphatic heterocycles. The molecule has 0 heterocycles. The second-order valence-electron chi connectivity index (χ2n) is 4.76. The third kappa shape index (κ3) is 3.69. The number of nitrogens with two attached hydrogens (primary N) is 1. The molecule has 0 aliphatic carbocycles. The van der Waals surface area contributed by atoms with Crippen LogP contribution in [0.5, 0.6) is 0 Å². The molecule has 0 spiro atoms. The molecule has 2 nitrogen and oxygen atoms in total. The maximum Gasteiger partial charge on any atom is 0.0516 e. The topological polar surface area (TPSA) is 43.1 Å². The summed E-state index contributed by atoms with van der Waals surface area (Å²) in [4.78, 5) is 0. The molecule has 0 saturated carbocycles. The van der Waals surface area contributed by atoms with E-state index < -0.39 is 10.8 Å². The van der Waals surface area contributed by atoms with E-state index in [0.29, 0.717) is 10.8 Å². The Labute approximate surface area is 127 Å². The van der Waals surface area contributed by atoms with Gasteiger partial charge in [0.15, 0.2) is 0 Å². The molecule has 2 aromatic carbocycles. The first-order chi connectivity index (χ1) is 9.59. The molecule has 2 N–H and O–H groups in total. The van der Waals surface area contributed by atoms with E-state index in [0.717, 1.165) is 11.1 Å². The summed E-state index contributed by atoms with van der Waals surface area (Å²) in [5.41, 5.74) is 8.11. The molecule has 3 unspecified atom stereocenters. The summed E-state index contributed by atoms with van der Waals surface area (Å²) in [7, 11) is -1.07. The molecule has 106 valence electrons. The summed E-state index contributed by atoms with van der Waals surface area (Å²) in [6.07, 6.45) is 0. The molecule has 2 rings (SSSR count). The molecular formula is C16H18ClNOS. The largest absolute Gasteiger partial charge is 0.323 e. The van der Waals surface area contributed by atoms with E-state index in [-0.39, 0.29) is 11.3 Å². The normalized spacial score (nSPS) is 15.6. The van der Waals surface area contributed by atoms with Gasteiger partial charge in [-0.3, -0.25) is 4.21 Å². The first-order valence-electron chi connectivity index (χ1n) is 6.50. The highest BCUT2D eigenvalue weighted by atomic mass is 35.5.